The average molecular weight is 296 g/mol. The zero-order valence-electron chi connectivity index (χ0n) is 13.4. The summed E-state index contributed by atoms with van der Waals surface area (Å²) in [6.45, 7) is 10.8. The summed E-state index contributed by atoms with van der Waals surface area (Å²) < 4.78 is 16.1. The molecule has 4 nitrogen and oxygen atoms in total. The highest BCUT2D eigenvalue weighted by molar-refractivity contribution is 6.74. The van der Waals surface area contributed by atoms with Crippen LogP contribution in [-0.2, 0) is 4.74 Å². The molecule has 0 aliphatic heterocycles. The van der Waals surface area contributed by atoms with E-state index in [1.54, 1.807) is 12.1 Å². The summed E-state index contributed by atoms with van der Waals surface area (Å²) in [6, 6.07) is 5.24. The number of ether oxygens (including phenoxy) is 2. The molecule has 1 rings (SSSR count). The van der Waals surface area contributed by atoms with E-state index in [1.165, 1.54) is 14.2 Å². The minimum absolute atomic E-state index is 0.0956. The largest absolute Gasteiger partial charge is 0.543 e. The third-order valence-corrected chi connectivity index (χ3v) is 8.11. The van der Waals surface area contributed by atoms with E-state index in [-0.39, 0.29) is 5.04 Å². The molecule has 0 unspecified atom stereocenters. The maximum Gasteiger partial charge on any atom is 0.341 e. The van der Waals surface area contributed by atoms with Gasteiger partial charge in [0, 0.05) is 0 Å². The van der Waals surface area contributed by atoms with Gasteiger partial charge in [0.1, 0.15) is 17.1 Å². The molecule has 0 amide bonds. The van der Waals surface area contributed by atoms with Crippen molar-refractivity contribution in [3.63, 3.8) is 0 Å². The predicted octanol–water partition coefficient (Wildman–Crippen LogP) is 3.87. The van der Waals surface area contributed by atoms with E-state index in [4.69, 9.17) is 13.9 Å². The highest BCUT2D eigenvalue weighted by atomic mass is 28.4. The van der Waals surface area contributed by atoms with Crippen LogP contribution in [0, 0.1) is 0 Å². The van der Waals surface area contributed by atoms with Gasteiger partial charge in [0.25, 0.3) is 0 Å². The molecular formula is C15H24O4Si. The lowest BCUT2D eigenvalue weighted by Crippen LogP contribution is -2.43. The van der Waals surface area contributed by atoms with Crippen molar-refractivity contribution in [3.05, 3.63) is 23.8 Å². The van der Waals surface area contributed by atoms with Gasteiger partial charge in [-0.25, -0.2) is 4.79 Å². The summed E-state index contributed by atoms with van der Waals surface area (Å²) in [5, 5.41) is 0.0956. The van der Waals surface area contributed by atoms with E-state index in [0.717, 1.165) is 0 Å². The molecule has 5 heteroatoms. The van der Waals surface area contributed by atoms with Gasteiger partial charge < -0.3 is 13.9 Å². The number of carbonyl (C=O) groups is 1. The summed E-state index contributed by atoms with van der Waals surface area (Å²) in [7, 11) is 0.940. The number of hydrogen-bond donors (Lipinski definition) is 0. The molecule has 112 valence electrons. The first-order valence-electron chi connectivity index (χ1n) is 6.58. The molecule has 1 aromatic rings. The normalized spacial score (nSPS) is 11.9. The van der Waals surface area contributed by atoms with Crippen molar-refractivity contribution in [2.75, 3.05) is 14.2 Å². The van der Waals surface area contributed by atoms with E-state index in [9.17, 15) is 4.79 Å². The second-order valence-corrected chi connectivity index (χ2v) is 10.9. The zero-order valence-corrected chi connectivity index (χ0v) is 14.4. The number of hydrogen-bond acceptors (Lipinski definition) is 4. The monoisotopic (exact) mass is 296 g/mol. The molecule has 0 heterocycles. The molecule has 0 saturated heterocycles. The van der Waals surface area contributed by atoms with Gasteiger partial charge in [-0.15, -0.1) is 0 Å². The lowest BCUT2D eigenvalue weighted by Gasteiger charge is -2.36. The molecule has 0 saturated carbocycles. The zero-order chi connectivity index (χ0) is 15.6. The van der Waals surface area contributed by atoms with Crippen molar-refractivity contribution in [1.82, 2.24) is 0 Å². The molecule has 1 aromatic carbocycles. The highest BCUT2D eigenvalue weighted by Crippen LogP contribution is 2.38. The fourth-order valence-electron chi connectivity index (χ4n) is 1.47. The topological polar surface area (TPSA) is 44.8 Å². The maximum atomic E-state index is 11.8. The highest BCUT2D eigenvalue weighted by Gasteiger charge is 2.39. The van der Waals surface area contributed by atoms with Crippen LogP contribution in [-0.4, -0.2) is 28.5 Å². The number of methoxy groups -OCH3 is 2. The van der Waals surface area contributed by atoms with E-state index in [2.05, 4.69) is 33.9 Å². The molecule has 0 atom stereocenters. The van der Waals surface area contributed by atoms with Gasteiger partial charge >= 0.3 is 5.97 Å². The summed E-state index contributed by atoms with van der Waals surface area (Å²) in [4.78, 5) is 11.8. The molecule has 0 aromatic heterocycles. The Bertz CT molecular complexity index is 489. The lowest BCUT2D eigenvalue weighted by atomic mass is 10.2. The second-order valence-electron chi connectivity index (χ2n) is 6.22. The van der Waals surface area contributed by atoms with Crippen LogP contribution in [0.5, 0.6) is 11.5 Å². The van der Waals surface area contributed by atoms with Crippen LogP contribution in [0.2, 0.25) is 18.1 Å². The Kier molecular flexibility index (Phi) is 4.86. The molecule has 0 N–H and O–H groups in total. The van der Waals surface area contributed by atoms with Crippen molar-refractivity contribution in [1.29, 1.82) is 0 Å². The van der Waals surface area contributed by atoms with Crippen LogP contribution in [0.1, 0.15) is 31.1 Å². The van der Waals surface area contributed by atoms with Crippen LogP contribution in [0.25, 0.3) is 0 Å². The Balaban J connectivity index is 3.13. The predicted molar refractivity (Wildman–Crippen MR) is 82.2 cm³/mol. The van der Waals surface area contributed by atoms with E-state index < -0.39 is 14.3 Å². The minimum atomic E-state index is -1.93. The van der Waals surface area contributed by atoms with Gasteiger partial charge in [-0.2, -0.15) is 0 Å². The van der Waals surface area contributed by atoms with E-state index in [0.29, 0.717) is 17.1 Å². The van der Waals surface area contributed by atoms with Gasteiger partial charge in [-0.1, -0.05) is 20.8 Å². The first-order valence-corrected chi connectivity index (χ1v) is 9.48. The molecule has 0 aliphatic rings. The number of esters is 1. The standard InChI is InChI=1S/C15H24O4Si/c1-15(2,3)20(6,7)19-11-8-9-13(17-4)12(10-11)14(16)18-5/h8-10H,1-7H3. The molecule has 0 radical (unpaired) electrons. The summed E-state index contributed by atoms with van der Waals surface area (Å²) in [6.07, 6.45) is 0. The molecule has 20 heavy (non-hydrogen) atoms. The Morgan fingerprint density at radius 1 is 1.15 bits per heavy atom. The van der Waals surface area contributed by atoms with Gasteiger partial charge in [0.2, 0.25) is 8.32 Å². The van der Waals surface area contributed by atoms with E-state index >= 15 is 0 Å². The third-order valence-electron chi connectivity index (χ3n) is 3.76. The summed E-state index contributed by atoms with van der Waals surface area (Å²) in [5.74, 6) is 0.736. The van der Waals surface area contributed by atoms with Crippen molar-refractivity contribution in [3.8, 4) is 11.5 Å². The fraction of sp³-hybridized carbons (Fsp3) is 0.533. The van der Waals surface area contributed by atoms with Crippen LogP contribution in [0.3, 0.4) is 0 Å². The number of rotatable bonds is 4. The molecule has 0 bridgehead atoms. The maximum absolute atomic E-state index is 11.8. The Morgan fingerprint density at radius 2 is 1.75 bits per heavy atom. The van der Waals surface area contributed by atoms with Gasteiger partial charge in [-0.3, -0.25) is 0 Å². The quantitative estimate of drug-likeness (QED) is 0.625. The molecule has 0 aliphatic carbocycles. The van der Waals surface area contributed by atoms with Gasteiger partial charge in [0.15, 0.2) is 0 Å². The van der Waals surface area contributed by atoms with Crippen molar-refractivity contribution >= 4 is 14.3 Å². The van der Waals surface area contributed by atoms with Gasteiger partial charge in [0.05, 0.1) is 14.2 Å². The Morgan fingerprint density at radius 3 is 2.20 bits per heavy atom. The summed E-state index contributed by atoms with van der Waals surface area (Å²) in [5.41, 5.74) is 0.381. The Hall–Kier alpha value is -1.49. The average Bonchev–Trinajstić information content (AvgIpc) is 2.36. The summed E-state index contributed by atoms with van der Waals surface area (Å²) >= 11 is 0. The van der Waals surface area contributed by atoms with Crippen LogP contribution < -0.4 is 9.16 Å². The molecule has 0 fully saturated rings. The van der Waals surface area contributed by atoms with Crippen LogP contribution >= 0.6 is 0 Å². The second kappa shape index (κ2) is 5.87. The number of benzene rings is 1. The van der Waals surface area contributed by atoms with Crippen molar-refractivity contribution in [2.24, 2.45) is 0 Å². The smallest absolute Gasteiger partial charge is 0.341 e. The molecule has 0 spiro atoms. The van der Waals surface area contributed by atoms with Gasteiger partial charge in [-0.05, 0) is 36.3 Å². The fourth-order valence-corrected chi connectivity index (χ4v) is 2.49. The first kappa shape index (κ1) is 16.6. The Labute approximate surface area is 122 Å². The first-order chi connectivity index (χ1) is 9.12. The van der Waals surface area contributed by atoms with Crippen molar-refractivity contribution in [2.45, 2.75) is 38.9 Å². The number of carbonyl (C=O) groups excluding carboxylic acids is 1. The van der Waals surface area contributed by atoms with Crippen LogP contribution in [0.15, 0.2) is 18.2 Å². The third kappa shape index (κ3) is 3.54. The lowest BCUT2D eigenvalue weighted by molar-refractivity contribution is 0.0596. The van der Waals surface area contributed by atoms with Crippen molar-refractivity contribution < 1.29 is 18.7 Å². The SMILES string of the molecule is COC(=O)c1cc(O[Si](C)(C)C(C)(C)C)ccc1OC. The minimum Gasteiger partial charge on any atom is -0.543 e. The van der Waals surface area contributed by atoms with E-state index in [1.807, 2.05) is 6.07 Å². The van der Waals surface area contributed by atoms with Crippen LogP contribution in [0.4, 0.5) is 0 Å². The molecular weight excluding hydrogens is 272 g/mol.